The quantitative estimate of drug-likeness (QED) is 0.701. The lowest BCUT2D eigenvalue weighted by Gasteiger charge is -2.10. The maximum Gasteiger partial charge on any atom is 0.240 e. The van der Waals surface area contributed by atoms with E-state index in [2.05, 4.69) is 20.7 Å². The number of hydrogen-bond donors (Lipinski definition) is 1. The van der Waals surface area contributed by atoms with E-state index in [9.17, 15) is 0 Å². The van der Waals surface area contributed by atoms with Crippen LogP contribution in [0, 0.1) is 0 Å². The molecule has 0 saturated carbocycles. The Morgan fingerprint density at radius 1 is 1.50 bits per heavy atom. The first kappa shape index (κ1) is 14.7. The Balaban J connectivity index is 1.74. The second-order valence-electron chi connectivity index (χ2n) is 4.51. The molecule has 0 amide bonds. The topological polar surface area (TPSA) is 78.0 Å². The maximum atomic E-state index is 5.28. The summed E-state index contributed by atoms with van der Waals surface area (Å²) in [5.74, 6) is 1.14. The molecule has 0 bridgehead atoms. The number of tetrazole rings is 1. The number of ether oxygens (including phenoxy) is 1. The van der Waals surface area contributed by atoms with Crippen molar-refractivity contribution in [3.05, 3.63) is 18.4 Å². The van der Waals surface area contributed by atoms with Crippen LogP contribution in [0.25, 0.3) is 11.6 Å². The van der Waals surface area contributed by atoms with Gasteiger partial charge in [-0.05, 0) is 44.2 Å². The zero-order valence-electron chi connectivity index (χ0n) is 12.0. The Morgan fingerprint density at radius 2 is 2.40 bits per heavy atom. The third-order valence-electron chi connectivity index (χ3n) is 2.85. The molecule has 0 spiro atoms. The van der Waals surface area contributed by atoms with Gasteiger partial charge in [0.1, 0.15) is 0 Å². The molecule has 0 aliphatic carbocycles. The van der Waals surface area contributed by atoms with Crippen molar-refractivity contribution in [2.75, 3.05) is 26.3 Å². The number of nitrogens with zero attached hydrogens (tertiary/aromatic N) is 4. The first-order chi connectivity index (χ1) is 9.81. The van der Waals surface area contributed by atoms with Crippen molar-refractivity contribution in [3.8, 4) is 11.6 Å². The van der Waals surface area contributed by atoms with Crippen molar-refractivity contribution in [2.24, 2.45) is 0 Å². The van der Waals surface area contributed by atoms with Gasteiger partial charge in [0.05, 0.1) is 12.3 Å². The average molecular weight is 279 g/mol. The number of nitrogens with one attached hydrogen (secondary N) is 1. The van der Waals surface area contributed by atoms with Gasteiger partial charge in [0.15, 0.2) is 5.76 Å². The van der Waals surface area contributed by atoms with E-state index >= 15 is 0 Å². The predicted octanol–water partition coefficient (Wildman–Crippen LogP) is 1.51. The summed E-state index contributed by atoms with van der Waals surface area (Å²) in [6, 6.07) is 3.76. The molecule has 0 aliphatic heterocycles. The second kappa shape index (κ2) is 7.76. The number of rotatable bonds is 9. The summed E-state index contributed by atoms with van der Waals surface area (Å²) >= 11 is 0. The van der Waals surface area contributed by atoms with E-state index < -0.39 is 0 Å². The van der Waals surface area contributed by atoms with Gasteiger partial charge in [-0.1, -0.05) is 0 Å². The molecule has 1 N–H and O–H groups in total. The molecule has 20 heavy (non-hydrogen) atoms. The zero-order chi connectivity index (χ0) is 14.2. The molecule has 0 radical (unpaired) electrons. The number of furan rings is 1. The maximum absolute atomic E-state index is 5.28. The minimum absolute atomic E-state index is 0.137. The van der Waals surface area contributed by atoms with Crippen LogP contribution in [0.3, 0.4) is 0 Å². The Bertz CT molecular complexity index is 483. The summed E-state index contributed by atoms with van der Waals surface area (Å²) in [5, 5.41) is 15.7. The van der Waals surface area contributed by atoms with Crippen LogP contribution < -0.4 is 5.32 Å². The fourth-order valence-electron chi connectivity index (χ4n) is 1.75. The molecule has 2 heterocycles. The van der Waals surface area contributed by atoms with Gasteiger partial charge in [0.25, 0.3) is 0 Å². The van der Waals surface area contributed by atoms with Crippen LogP contribution >= 0.6 is 0 Å². The van der Waals surface area contributed by atoms with Crippen LogP contribution in [0.15, 0.2) is 22.8 Å². The first-order valence-electron chi connectivity index (χ1n) is 6.93. The predicted molar refractivity (Wildman–Crippen MR) is 74.2 cm³/mol. The van der Waals surface area contributed by atoms with Crippen LogP contribution in [0.5, 0.6) is 0 Å². The Labute approximate surface area is 118 Å². The standard InChI is InChI=1S/C13H21N5O2/c1-3-19-8-5-7-14-10-11(2)18-16-13(15-17-18)12-6-4-9-20-12/h4,6,9,11,14H,3,5,7-8,10H2,1-2H3. The normalized spacial score (nSPS) is 12.7. The van der Waals surface area contributed by atoms with E-state index in [1.54, 1.807) is 17.1 Å². The summed E-state index contributed by atoms with van der Waals surface area (Å²) in [6.07, 6.45) is 2.60. The van der Waals surface area contributed by atoms with Gasteiger partial charge in [-0.15, -0.1) is 10.2 Å². The highest BCUT2D eigenvalue weighted by molar-refractivity contribution is 5.43. The van der Waals surface area contributed by atoms with E-state index in [-0.39, 0.29) is 6.04 Å². The molecule has 1 atom stereocenters. The Morgan fingerprint density at radius 3 is 3.15 bits per heavy atom. The van der Waals surface area contributed by atoms with Crippen molar-refractivity contribution in [1.29, 1.82) is 0 Å². The number of hydrogen-bond acceptors (Lipinski definition) is 6. The summed E-state index contributed by atoms with van der Waals surface area (Å²) in [5.41, 5.74) is 0. The average Bonchev–Trinajstić information content (AvgIpc) is 3.12. The molecular weight excluding hydrogens is 258 g/mol. The van der Waals surface area contributed by atoms with Crippen LogP contribution in [0.2, 0.25) is 0 Å². The fourth-order valence-corrected chi connectivity index (χ4v) is 1.75. The van der Waals surface area contributed by atoms with E-state index in [1.165, 1.54) is 0 Å². The first-order valence-corrected chi connectivity index (χ1v) is 6.93. The van der Waals surface area contributed by atoms with Crippen molar-refractivity contribution >= 4 is 0 Å². The van der Waals surface area contributed by atoms with Crippen LogP contribution in [0.4, 0.5) is 0 Å². The summed E-state index contributed by atoms with van der Waals surface area (Å²) in [4.78, 5) is 1.60. The monoisotopic (exact) mass is 279 g/mol. The van der Waals surface area contributed by atoms with E-state index in [0.29, 0.717) is 11.6 Å². The third-order valence-corrected chi connectivity index (χ3v) is 2.85. The highest BCUT2D eigenvalue weighted by Crippen LogP contribution is 2.14. The van der Waals surface area contributed by atoms with Gasteiger partial charge in [0.2, 0.25) is 5.82 Å². The third kappa shape index (κ3) is 4.14. The Hall–Kier alpha value is -1.73. The zero-order valence-corrected chi connectivity index (χ0v) is 12.0. The van der Waals surface area contributed by atoms with Gasteiger partial charge in [-0.3, -0.25) is 0 Å². The second-order valence-corrected chi connectivity index (χ2v) is 4.51. The minimum atomic E-state index is 0.137. The van der Waals surface area contributed by atoms with Gasteiger partial charge in [-0.25, -0.2) is 0 Å². The van der Waals surface area contributed by atoms with Crippen LogP contribution in [-0.4, -0.2) is 46.5 Å². The SMILES string of the molecule is CCOCCCNCC(C)n1nnc(-c2ccco2)n1. The fraction of sp³-hybridized carbons (Fsp3) is 0.615. The minimum Gasteiger partial charge on any atom is -0.461 e. The van der Waals surface area contributed by atoms with Crippen molar-refractivity contribution in [3.63, 3.8) is 0 Å². The molecule has 2 aromatic heterocycles. The van der Waals surface area contributed by atoms with Crippen LogP contribution in [-0.2, 0) is 4.74 Å². The largest absolute Gasteiger partial charge is 0.461 e. The van der Waals surface area contributed by atoms with Gasteiger partial charge in [-0.2, -0.15) is 4.80 Å². The highest BCUT2D eigenvalue weighted by Gasteiger charge is 2.12. The molecule has 0 fully saturated rings. The molecule has 0 saturated heterocycles. The van der Waals surface area contributed by atoms with E-state index in [1.807, 2.05) is 19.9 Å². The molecule has 0 aliphatic rings. The lowest BCUT2D eigenvalue weighted by Crippen LogP contribution is -2.26. The van der Waals surface area contributed by atoms with Gasteiger partial charge >= 0.3 is 0 Å². The van der Waals surface area contributed by atoms with E-state index in [4.69, 9.17) is 9.15 Å². The molecular formula is C13H21N5O2. The molecule has 110 valence electrons. The van der Waals surface area contributed by atoms with Gasteiger partial charge in [0, 0.05) is 19.8 Å². The molecule has 1 unspecified atom stereocenters. The van der Waals surface area contributed by atoms with Crippen molar-refractivity contribution in [1.82, 2.24) is 25.5 Å². The summed E-state index contributed by atoms with van der Waals surface area (Å²) in [6.45, 7) is 7.33. The number of aromatic nitrogens is 4. The molecule has 2 aromatic rings. The lowest BCUT2D eigenvalue weighted by atomic mass is 10.3. The lowest BCUT2D eigenvalue weighted by molar-refractivity contribution is 0.144. The molecule has 7 nitrogen and oxygen atoms in total. The van der Waals surface area contributed by atoms with Crippen molar-refractivity contribution in [2.45, 2.75) is 26.3 Å². The summed E-state index contributed by atoms with van der Waals surface area (Å²) in [7, 11) is 0. The Kier molecular flexibility index (Phi) is 5.69. The van der Waals surface area contributed by atoms with E-state index in [0.717, 1.165) is 32.7 Å². The highest BCUT2D eigenvalue weighted by atomic mass is 16.5. The molecule has 7 heteroatoms. The smallest absolute Gasteiger partial charge is 0.240 e. The molecule has 2 rings (SSSR count). The molecule has 0 aromatic carbocycles. The summed E-state index contributed by atoms with van der Waals surface area (Å²) < 4.78 is 10.5. The van der Waals surface area contributed by atoms with Gasteiger partial charge < -0.3 is 14.5 Å². The van der Waals surface area contributed by atoms with Crippen LogP contribution in [0.1, 0.15) is 26.3 Å². The van der Waals surface area contributed by atoms with Crippen molar-refractivity contribution < 1.29 is 9.15 Å².